The summed E-state index contributed by atoms with van der Waals surface area (Å²) < 4.78 is 37.4. The monoisotopic (exact) mass is 660 g/mol. The van der Waals surface area contributed by atoms with Gasteiger partial charge in [0.15, 0.2) is 13.5 Å². The van der Waals surface area contributed by atoms with E-state index >= 15 is 0 Å². The number of methoxy groups -OCH3 is 2. The van der Waals surface area contributed by atoms with Gasteiger partial charge in [0.1, 0.15) is 41.3 Å². The van der Waals surface area contributed by atoms with E-state index in [-0.39, 0.29) is 5.04 Å². The van der Waals surface area contributed by atoms with Gasteiger partial charge in [0.05, 0.1) is 34.0 Å². The Bertz CT molecular complexity index is 1290. The normalized spacial score (nSPS) is 23.3. The number of amidine groups is 1. The van der Waals surface area contributed by atoms with E-state index in [1.165, 1.54) is 16.7 Å². The molecule has 12 heteroatoms. The van der Waals surface area contributed by atoms with Crippen LogP contribution in [0.3, 0.4) is 0 Å². The van der Waals surface area contributed by atoms with Gasteiger partial charge in [-0.1, -0.05) is 63.7 Å². The quantitative estimate of drug-likeness (QED) is 0.233. The lowest BCUT2D eigenvalue weighted by atomic mass is 9.97. The average Bonchev–Trinajstić information content (AvgIpc) is 3.43. The van der Waals surface area contributed by atoms with Gasteiger partial charge in [-0.3, -0.25) is 9.89 Å². The van der Waals surface area contributed by atoms with Crippen molar-refractivity contribution in [1.29, 1.82) is 0 Å². The van der Waals surface area contributed by atoms with Crippen LogP contribution in [0, 0.1) is 0 Å². The average molecular weight is 661 g/mol. The van der Waals surface area contributed by atoms with Crippen molar-refractivity contribution in [2.75, 3.05) is 27.4 Å². The smallest absolute Gasteiger partial charge is 0.413 e. The number of benzene rings is 2. The minimum Gasteiger partial charge on any atom is -0.497 e. The highest BCUT2D eigenvalue weighted by Gasteiger charge is 2.52. The zero-order valence-corrected chi connectivity index (χ0v) is 29.5. The molecular formula is C33H48N2O8SSi. The van der Waals surface area contributed by atoms with Gasteiger partial charge in [0.2, 0.25) is 0 Å². The number of rotatable bonds is 13. The largest absolute Gasteiger partial charge is 0.497 e. The predicted molar refractivity (Wildman–Crippen MR) is 179 cm³/mol. The van der Waals surface area contributed by atoms with Crippen molar-refractivity contribution < 1.29 is 38.0 Å². The number of carbonyl (C=O) groups is 1. The van der Waals surface area contributed by atoms with Gasteiger partial charge in [0, 0.05) is 6.54 Å². The van der Waals surface area contributed by atoms with Gasteiger partial charge in [-0.15, -0.1) is 0 Å². The van der Waals surface area contributed by atoms with Crippen molar-refractivity contribution in [1.82, 2.24) is 4.90 Å². The molecule has 0 aliphatic carbocycles. The first-order valence-corrected chi connectivity index (χ1v) is 19.2. The van der Waals surface area contributed by atoms with Crippen LogP contribution >= 0.6 is 11.8 Å². The van der Waals surface area contributed by atoms with Crippen LogP contribution in [0.15, 0.2) is 53.5 Å². The SMILES string of the molecule is CCCN(C(=O)O)C1=NC2C(O[C@H](CO[Si](C)(C)C(C)(C)C)[C@@H](OCc3ccc(OC)cc3)[C@@H]2OCc2ccc(OC)cc2)S1. The second-order valence-electron chi connectivity index (χ2n) is 12.8. The van der Waals surface area contributed by atoms with E-state index in [1.54, 1.807) is 14.2 Å². The fourth-order valence-corrected chi connectivity index (χ4v) is 7.13. The number of amides is 1. The Morgan fingerprint density at radius 2 is 1.49 bits per heavy atom. The number of fused-ring (bicyclic) bond motifs is 1. The van der Waals surface area contributed by atoms with E-state index in [2.05, 4.69) is 33.9 Å². The first-order valence-electron chi connectivity index (χ1n) is 15.4. The molecule has 45 heavy (non-hydrogen) atoms. The maximum absolute atomic E-state index is 12.2. The third-order valence-electron chi connectivity index (χ3n) is 8.62. The Labute approximate surface area is 272 Å². The molecule has 0 spiro atoms. The van der Waals surface area contributed by atoms with Crippen molar-refractivity contribution in [3.05, 3.63) is 59.7 Å². The van der Waals surface area contributed by atoms with Crippen LogP contribution in [0.5, 0.6) is 11.5 Å². The van der Waals surface area contributed by atoms with E-state index in [1.807, 2.05) is 55.5 Å². The standard InChI is InChI=1S/C33H48N2O8SSi/c1-9-18-35(32(36)37)31-34-27-29(41-20-23-12-16-25(39-6)17-13-23)28(40-19-22-10-14-24(38-5)15-11-22)26(43-30(27)44-31)21-42-45(7,8)33(2,3)4/h10-17,26-30H,9,18-21H2,1-8H3,(H,36,37)/t26-,27?,28-,29-,30?/m1/s1. The molecule has 1 fully saturated rings. The molecule has 10 nitrogen and oxygen atoms in total. The molecule has 2 aromatic rings. The van der Waals surface area contributed by atoms with Crippen LogP contribution < -0.4 is 9.47 Å². The maximum atomic E-state index is 12.2. The van der Waals surface area contributed by atoms with Crippen molar-refractivity contribution in [3.63, 3.8) is 0 Å². The number of nitrogens with zero attached hydrogens (tertiary/aromatic N) is 2. The van der Waals surface area contributed by atoms with Gasteiger partial charge in [-0.2, -0.15) is 0 Å². The first-order chi connectivity index (χ1) is 21.4. The highest BCUT2D eigenvalue weighted by atomic mass is 32.2. The zero-order valence-electron chi connectivity index (χ0n) is 27.6. The molecule has 0 aromatic heterocycles. The molecule has 2 aliphatic heterocycles. The minimum absolute atomic E-state index is 0.00838. The molecule has 248 valence electrons. The number of ether oxygens (including phenoxy) is 5. The van der Waals surface area contributed by atoms with E-state index in [0.717, 1.165) is 22.6 Å². The lowest BCUT2D eigenvalue weighted by Gasteiger charge is -2.44. The van der Waals surface area contributed by atoms with E-state index in [4.69, 9.17) is 33.1 Å². The second kappa shape index (κ2) is 15.3. The topological polar surface area (TPSA) is 108 Å². The fraction of sp³-hybridized carbons (Fsp3) is 0.576. The van der Waals surface area contributed by atoms with Crippen molar-refractivity contribution >= 4 is 31.3 Å². The molecule has 1 saturated heterocycles. The van der Waals surface area contributed by atoms with Crippen LogP contribution in [0.1, 0.15) is 45.2 Å². The van der Waals surface area contributed by atoms with Crippen LogP contribution in [-0.2, 0) is 31.9 Å². The molecule has 1 N–H and O–H groups in total. The van der Waals surface area contributed by atoms with Crippen LogP contribution in [0.25, 0.3) is 0 Å². The van der Waals surface area contributed by atoms with Gasteiger partial charge < -0.3 is 33.2 Å². The summed E-state index contributed by atoms with van der Waals surface area (Å²) in [7, 11) is 1.14. The summed E-state index contributed by atoms with van der Waals surface area (Å²) >= 11 is 1.33. The molecule has 5 atom stereocenters. The highest BCUT2D eigenvalue weighted by Crippen LogP contribution is 2.42. The molecule has 1 amide bonds. The van der Waals surface area contributed by atoms with Gasteiger partial charge >= 0.3 is 6.09 Å². The van der Waals surface area contributed by atoms with Crippen LogP contribution in [-0.4, -0.2) is 86.7 Å². The van der Waals surface area contributed by atoms with Crippen molar-refractivity contribution in [2.45, 2.75) is 95.3 Å². The van der Waals surface area contributed by atoms with Crippen LogP contribution in [0.4, 0.5) is 4.79 Å². The molecule has 4 rings (SSSR count). The van der Waals surface area contributed by atoms with Gasteiger partial charge in [-0.05, 0) is 59.9 Å². The van der Waals surface area contributed by atoms with Crippen molar-refractivity contribution in [3.8, 4) is 11.5 Å². The number of carboxylic acid groups (broad SMARTS) is 1. The van der Waals surface area contributed by atoms with Gasteiger partial charge in [0.25, 0.3) is 0 Å². The number of hydrogen-bond acceptors (Lipinski definition) is 9. The van der Waals surface area contributed by atoms with E-state index < -0.39 is 44.2 Å². The molecular weight excluding hydrogens is 613 g/mol. The van der Waals surface area contributed by atoms with Crippen molar-refractivity contribution in [2.24, 2.45) is 4.99 Å². The lowest BCUT2D eigenvalue weighted by Crippen LogP contribution is -2.59. The van der Waals surface area contributed by atoms with E-state index in [9.17, 15) is 9.90 Å². The molecule has 0 radical (unpaired) electrons. The Balaban J connectivity index is 1.67. The predicted octanol–water partition coefficient (Wildman–Crippen LogP) is 6.78. The molecule has 2 heterocycles. The second-order valence-corrected chi connectivity index (χ2v) is 18.7. The summed E-state index contributed by atoms with van der Waals surface area (Å²) in [6.45, 7) is 14.3. The fourth-order valence-electron chi connectivity index (χ4n) is 4.88. The molecule has 2 unspecified atom stereocenters. The molecule has 2 aliphatic rings. The Kier molecular flexibility index (Phi) is 12.0. The molecule has 2 aromatic carbocycles. The summed E-state index contributed by atoms with van der Waals surface area (Å²) in [6, 6.07) is 15.0. The Hall–Kier alpha value is -2.61. The molecule has 0 saturated carbocycles. The first kappa shape index (κ1) is 35.2. The number of hydrogen-bond donors (Lipinski definition) is 1. The lowest BCUT2D eigenvalue weighted by molar-refractivity contribution is -0.204. The Morgan fingerprint density at radius 1 is 0.956 bits per heavy atom. The van der Waals surface area contributed by atoms with E-state index in [0.29, 0.717) is 38.0 Å². The van der Waals surface area contributed by atoms with Gasteiger partial charge in [-0.25, -0.2) is 4.79 Å². The summed E-state index contributed by atoms with van der Waals surface area (Å²) in [6.07, 6.45) is -1.91. The third-order valence-corrected chi connectivity index (χ3v) is 14.3. The number of aliphatic imine (C=N–C) groups is 1. The highest BCUT2D eigenvalue weighted by molar-refractivity contribution is 8.14. The summed E-state index contributed by atoms with van der Waals surface area (Å²) in [5.74, 6) is 1.53. The zero-order chi connectivity index (χ0) is 32.8. The minimum atomic E-state index is -2.13. The summed E-state index contributed by atoms with van der Waals surface area (Å²) in [5.41, 5.74) is 1.49. The molecule has 0 bridgehead atoms. The maximum Gasteiger partial charge on any atom is 0.413 e. The third kappa shape index (κ3) is 8.81. The number of thioether (sulfide) groups is 1. The Morgan fingerprint density at radius 3 is 1.96 bits per heavy atom. The van der Waals surface area contributed by atoms with Crippen LogP contribution in [0.2, 0.25) is 18.1 Å². The summed E-state index contributed by atoms with van der Waals surface area (Å²) in [5, 5.41) is 10.4. The summed E-state index contributed by atoms with van der Waals surface area (Å²) in [4.78, 5) is 18.4.